The van der Waals surface area contributed by atoms with Crippen LogP contribution in [-0.2, 0) is 4.74 Å². The molecule has 2 amide bonds. The maximum absolute atomic E-state index is 13.2. The number of ether oxygens (including phenoxy) is 1. The second kappa shape index (κ2) is 8.33. The van der Waals surface area contributed by atoms with E-state index in [-0.39, 0.29) is 31.1 Å². The Balaban J connectivity index is 1.79. The second-order valence-electron chi connectivity index (χ2n) is 8.17. The molecule has 0 aromatic carbocycles. The van der Waals surface area contributed by atoms with Crippen molar-refractivity contribution in [3.63, 3.8) is 0 Å². The first-order valence-corrected chi connectivity index (χ1v) is 9.50. The minimum atomic E-state index is -4.28. The summed E-state index contributed by atoms with van der Waals surface area (Å²) in [6, 6.07) is -0.353. The molecule has 2 saturated heterocycles. The summed E-state index contributed by atoms with van der Waals surface area (Å²) in [7, 11) is 0. The normalized spacial score (nSPS) is 25.1. The lowest BCUT2D eigenvalue weighted by atomic mass is 9.88. The molecule has 1 unspecified atom stereocenters. The Morgan fingerprint density at radius 2 is 1.81 bits per heavy atom. The molecule has 8 heteroatoms. The summed E-state index contributed by atoms with van der Waals surface area (Å²) < 4.78 is 45.1. The Hall–Kier alpha value is -1.02. The highest BCUT2D eigenvalue weighted by Crippen LogP contribution is 2.44. The van der Waals surface area contributed by atoms with Crippen molar-refractivity contribution in [2.45, 2.75) is 70.8 Å². The van der Waals surface area contributed by atoms with E-state index in [0.717, 1.165) is 32.5 Å². The molecular formula is C18H32F3N3O2. The van der Waals surface area contributed by atoms with Gasteiger partial charge in [0.15, 0.2) is 0 Å². The van der Waals surface area contributed by atoms with E-state index in [4.69, 9.17) is 4.74 Å². The van der Waals surface area contributed by atoms with Crippen LogP contribution in [0.25, 0.3) is 0 Å². The summed E-state index contributed by atoms with van der Waals surface area (Å²) in [5, 5.41) is 2.95. The number of hydrogen-bond donors (Lipinski definition) is 1. The van der Waals surface area contributed by atoms with Crippen molar-refractivity contribution in [2.24, 2.45) is 5.92 Å². The van der Waals surface area contributed by atoms with E-state index < -0.39 is 17.6 Å². The number of amides is 2. The zero-order valence-electron chi connectivity index (χ0n) is 16.2. The van der Waals surface area contributed by atoms with Crippen LogP contribution in [0.15, 0.2) is 0 Å². The smallest absolute Gasteiger partial charge is 0.377 e. The average Bonchev–Trinajstić information content (AvgIpc) is 2.83. The van der Waals surface area contributed by atoms with Crippen molar-refractivity contribution in [3.05, 3.63) is 0 Å². The first-order valence-electron chi connectivity index (χ1n) is 9.50. The zero-order chi connectivity index (χ0) is 19.5. The van der Waals surface area contributed by atoms with Gasteiger partial charge in [-0.25, -0.2) is 4.79 Å². The van der Waals surface area contributed by atoms with Gasteiger partial charge in [0.2, 0.25) is 0 Å². The van der Waals surface area contributed by atoms with E-state index in [1.165, 1.54) is 18.7 Å². The fourth-order valence-electron chi connectivity index (χ4n) is 3.99. The third-order valence-corrected chi connectivity index (χ3v) is 5.60. The molecule has 0 bridgehead atoms. The third kappa shape index (κ3) is 5.25. The summed E-state index contributed by atoms with van der Waals surface area (Å²) in [4.78, 5) is 16.2. The molecular weight excluding hydrogens is 347 g/mol. The van der Waals surface area contributed by atoms with Crippen LogP contribution < -0.4 is 5.32 Å². The maximum Gasteiger partial charge on any atom is 0.394 e. The molecule has 152 valence electrons. The van der Waals surface area contributed by atoms with Gasteiger partial charge in [-0.3, -0.25) is 0 Å². The van der Waals surface area contributed by atoms with Gasteiger partial charge < -0.3 is 19.9 Å². The number of carbonyl (C=O) groups is 1. The maximum atomic E-state index is 13.2. The van der Waals surface area contributed by atoms with E-state index in [1.807, 2.05) is 13.8 Å². The van der Waals surface area contributed by atoms with E-state index in [0.29, 0.717) is 6.61 Å². The average molecular weight is 379 g/mol. The van der Waals surface area contributed by atoms with Crippen LogP contribution in [0.4, 0.5) is 18.0 Å². The summed E-state index contributed by atoms with van der Waals surface area (Å²) >= 11 is 0. The fraction of sp³-hybridized carbons (Fsp3) is 0.944. The van der Waals surface area contributed by atoms with Gasteiger partial charge in [-0.05, 0) is 47.0 Å². The van der Waals surface area contributed by atoms with Gasteiger partial charge in [-0.2, -0.15) is 13.2 Å². The van der Waals surface area contributed by atoms with Crippen molar-refractivity contribution in [2.75, 3.05) is 32.8 Å². The Kier molecular flexibility index (Phi) is 6.82. The monoisotopic (exact) mass is 379 g/mol. The molecule has 2 rings (SSSR count). The predicted octanol–water partition coefficient (Wildman–Crippen LogP) is 3.25. The molecule has 0 saturated carbocycles. The summed E-state index contributed by atoms with van der Waals surface area (Å²) in [5.41, 5.74) is -1.21. The van der Waals surface area contributed by atoms with Gasteiger partial charge >= 0.3 is 12.2 Å². The van der Waals surface area contributed by atoms with Crippen LogP contribution in [0, 0.1) is 5.92 Å². The van der Waals surface area contributed by atoms with E-state index in [9.17, 15) is 18.0 Å². The molecule has 5 nitrogen and oxygen atoms in total. The largest absolute Gasteiger partial charge is 0.394 e. The van der Waals surface area contributed by atoms with Gasteiger partial charge in [-0.15, -0.1) is 0 Å². The summed E-state index contributed by atoms with van der Waals surface area (Å²) in [6.45, 7) is 10.5. The Bertz CT molecular complexity index is 475. The number of nitrogens with zero attached hydrogens (tertiary/aromatic N) is 2. The molecule has 0 aromatic heterocycles. The fourth-order valence-corrected chi connectivity index (χ4v) is 3.99. The SMILES string of the molecule is CC(C)OCCN1CCC(NC(=O)N2CCC(C(F)(F)F)C2(C)C)CC1. The summed E-state index contributed by atoms with van der Waals surface area (Å²) in [5.74, 6) is -1.47. The molecule has 26 heavy (non-hydrogen) atoms. The van der Waals surface area contributed by atoms with Crippen molar-refractivity contribution in [1.29, 1.82) is 0 Å². The first-order chi connectivity index (χ1) is 12.0. The van der Waals surface area contributed by atoms with Crippen LogP contribution in [0.3, 0.4) is 0 Å². The van der Waals surface area contributed by atoms with Gasteiger partial charge in [0.05, 0.1) is 24.2 Å². The Labute approximate surface area is 154 Å². The lowest BCUT2D eigenvalue weighted by molar-refractivity contribution is -0.189. The van der Waals surface area contributed by atoms with Crippen LogP contribution in [0.2, 0.25) is 0 Å². The van der Waals surface area contributed by atoms with Crippen molar-refractivity contribution in [3.8, 4) is 0 Å². The van der Waals surface area contributed by atoms with Crippen LogP contribution >= 0.6 is 0 Å². The minimum absolute atomic E-state index is 0.0190. The quantitative estimate of drug-likeness (QED) is 0.798. The predicted molar refractivity (Wildman–Crippen MR) is 94.0 cm³/mol. The number of nitrogens with one attached hydrogen (secondary N) is 1. The number of halogens is 3. The first kappa shape index (κ1) is 21.3. The van der Waals surface area contributed by atoms with Gasteiger partial charge in [0.25, 0.3) is 0 Å². The third-order valence-electron chi connectivity index (χ3n) is 5.60. The highest BCUT2D eigenvalue weighted by molar-refractivity contribution is 5.76. The number of likely N-dealkylation sites (tertiary alicyclic amines) is 2. The van der Waals surface area contributed by atoms with Crippen LogP contribution in [0.1, 0.15) is 47.0 Å². The standard InChI is InChI=1S/C18H32F3N3O2/c1-13(2)26-12-11-23-8-5-14(6-9-23)22-16(25)24-10-7-15(17(24,3)4)18(19,20)21/h13-15H,5-12H2,1-4H3,(H,22,25). The van der Waals surface area contributed by atoms with E-state index in [1.54, 1.807) is 0 Å². The lowest BCUT2D eigenvalue weighted by Gasteiger charge is -2.38. The molecule has 0 aromatic rings. The molecule has 2 fully saturated rings. The number of urea groups is 1. The number of alkyl halides is 3. The van der Waals surface area contributed by atoms with Crippen molar-refractivity contribution >= 4 is 6.03 Å². The molecule has 0 spiro atoms. The second-order valence-corrected chi connectivity index (χ2v) is 8.17. The van der Waals surface area contributed by atoms with Gasteiger partial charge in [0.1, 0.15) is 0 Å². The van der Waals surface area contributed by atoms with Crippen molar-refractivity contribution in [1.82, 2.24) is 15.1 Å². The topological polar surface area (TPSA) is 44.8 Å². The molecule has 1 N–H and O–H groups in total. The van der Waals surface area contributed by atoms with Crippen LogP contribution in [-0.4, -0.2) is 72.5 Å². The number of rotatable bonds is 5. The number of hydrogen-bond acceptors (Lipinski definition) is 3. The molecule has 2 heterocycles. The van der Waals surface area contributed by atoms with E-state index >= 15 is 0 Å². The Morgan fingerprint density at radius 3 is 2.31 bits per heavy atom. The van der Waals surface area contributed by atoms with Crippen molar-refractivity contribution < 1.29 is 22.7 Å². The number of carbonyl (C=O) groups excluding carboxylic acids is 1. The van der Waals surface area contributed by atoms with Gasteiger partial charge in [-0.1, -0.05) is 0 Å². The minimum Gasteiger partial charge on any atom is -0.377 e. The Morgan fingerprint density at radius 1 is 1.19 bits per heavy atom. The molecule has 0 aliphatic carbocycles. The molecule has 0 radical (unpaired) electrons. The van der Waals surface area contributed by atoms with Crippen LogP contribution in [0.5, 0.6) is 0 Å². The lowest BCUT2D eigenvalue weighted by Crippen LogP contribution is -2.55. The molecule has 1 atom stereocenters. The number of piperidine rings is 1. The highest BCUT2D eigenvalue weighted by atomic mass is 19.4. The zero-order valence-corrected chi connectivity index (χ0v) is 16.2. The molecule has 2 aliphatic heterocycles. The van der Waals surface area contributed by atoms with Gasteiger partial charge in [0, 0.05) is 32.2 Å². The highest BCUT2D eigenvalue weighted by Gasteiger charge is 2.56. The van der Waals surface area contributed by atoms with E-state index in [2.05, 4.69) is 10.2 Å². The summed E-state index contributed by atoms with van der Waals surface area (Å²) in [6.07, 6.45) is -2.47. The molecule has 2 aliphatic rings.